The van der Waals surface area contributed by atoms with Crippen molar-refractivity contribution in [3.05, 3.63) is 77.3 Å². The zero-order chi connectivity index (χ0) is 23.9. The van der Waals surface area contributed by atoms with Crippen molar-refractivity contribution in [2.75, 3.05) is 18.5 Å². The van der Waals surface area contributed by atoms with Gasteiger partial charge in [0.25, 0.3) is 0 Å². The van der Waals surface area contributed by atoms with Gasteiger partial charge in [-0.25, -0.2) is 9.48 Å². The van der Waals surface area contributed by atoms with Gasteiger partial charge in [0.1, 0.15) is 19.0 Å². The highest BCUT2D eigenvalue weighted by Crippen LogP contribution is 2.39. The number of anilines is 1. The lowest BCUT2D eigenvalue weighted by molar-refractivity contribution is -0.140. The largest absolute Gasteiger partial charge is 0.490 e. The maximum absolute atomic E-state index is 13.3. The van der Waals surface area contributed by atoms with Crippen LogP contribution >= 0.6 is 0 Å². The summed E-state index contributed by atoms with van der Waals surface area (Å²) in [6, 6.07) is 14.8. The highest BCUT2D eigenvalue weighted by atomic mass is 16.5. The second-order valence-corrected chi connectivity index (χ2v) is 8.00. The van der Waals surface area contributed by atoms with Crippen LogP contribution in [0.2, 0.25) is 0 Å². The van der Waals surface area contributed by atoms with Gasteiger partial charge < -0.3 is 19.5 Å². The first-order chi connectivity index (χ1) is 16.6. The predicted octanol–water partition coefficient (Wildman–Crippen LogP) is 4.89. The van der Waals surface area contributed by atoms with Gasteiger partial charge in [-0.3, -0.25) is 0 Å². The zero-order valence-electron chi connectivity index (χ0n) is 19.8. The molecule has 0 radical (unpaired) electrons. The quantitative estimate of drug-likeness (QED) is 0.339. The molecular weight excluding hydrogens is 432 g/mol. The van der Waals surface area contributed by atoms with Crippen LogP contribution in [0.1, 0.15) is 50.8 Å². The second-order valence-electron chi connectivity index (χ2n) is 8.00. The van der Waals surface area contributed by atoms with Crippen LogP contribution in [0.3, 0.4) is 0 Å². The molecular formula is C26H30N4O4. The van der Waals surface area contributed by atoms with Gasteiger partial charge in [-0.2, -0.15) is 10.1 Å². The van der Waals surface area contributed by atoms with E-state index in [1.807, 2.05) is 62.4 Å². The van der Waals surface area contributed by atoms with Gasteiger partial charge in [0, 0.05) is 5.70 Å². The van der Waals surface area contributed by atoms with Crippen molar-refractivity contribution in [1.82, 2.24) is 14.8 Å². The molecule has 1 atom stereocenters. The summed E-state index contributed by atoms with van der Waals surface area (Å²) in [5.74, 6) is 1.45. The van der Waals surface area contributed by atoms with Crippen LogP contribution < -0.4 is 14.8 Å². The first-order valence-corrected chi connectivity index (χ1v) is 11.6. The van der Waals surface area contributed by atoms with E-state index in [1.54, 1.807) is 4.68 Å². The average Bonchev–Trinajstić information content (AvgIpc) is 3.31. The first-order valence-electron chi connectivity index (χ1n) is 11.6. The number of esters is 1. The maximum atomic E-state index is 13.3. The number of fused-ring (bicyclic) bond motifs is 1. The van der Waals surface area contributed by atoms with Gasteiger partial charge >= 0.3 is 5.97 Å². The number of nitrogens with zero attached hydrogens (tertiary/aromatic N) is 3. The number of carbonyl (C=O) groups is 1. The number of allylic oxidation sites excluding steroid dienone is 1. The highest BCUT2D eigenvalue weighted by Gasteiger charge is 2.35. The lowest BCUT2D eigenvalue weighted by Gasteiger charge is -2.28. The zero-order valence-corrected chi connectivity index (χ0v) is 19.8. The van der Waals surface area contributed by atoms with Crippen molar-refractivity contribution in [2.24, 2.45) is 0 Å². The van der Waals surface area contributed by atoms with Crippen molar-refractivity contribution in [3.63, 3.8) is 0 Å². The molecule has 0 saturated carbocycles. The van der Waals surface area contributed by atoms with E-state index < -0.39 is 12.0 Å². The van der Waals surface area contributed by atoms with E-state index in [-0.39, 0.29) is 6.61 Å². The Morgan fingerprint density at radius 1 is 1.09 bits per heavy atom. The topological polar surface area (TPSA) is 87.5 Å². The fraction of sp³-hybridized carbons (Fsp3) is 0.346. The lowest BCUT2D eigenvalue weighted by atomic mass is 9.95. The van der Waals surface area contributed by atoms with Crippen molar-refractivity contribution in [3.8, 4) is 11.5 Å². The van der Waals surface area contributed by atoms with Crippen molar-refractivity contribution in [2.45, 2.75) is 46.3 Å². The molecule has 2 aromatic carbocycles. The molecule has 178 valence electrons. The summed E-state index contributed by atoms with van der Waals surface area (Å²) in [6.45, 7) is 7.19. The van der Waals surface area contributed by atoms with Crippen LogP contribution in [0.4, 0.5) is 5.95 Å². The molecule has 1 aliphatic rings. The normalized spacial score (nSPS) is 14.9. The number of hydrogen-bond acceptors (Lipinski definition) is 7. The molecule has 4 rings (SSSR count). The Kier molecular flexibility index (Phi) is 7.47. The molecule has 0 bridgehead atoms. The Morgan fingerprint density at radius 3 is 2.68 bits per heavy atom. The summed E-state index contributed by atoms with van der Waals surface area (Å²) < 4.78 is 19.2. The molecule has 1 N–H and O–H groups in total. The summed E-state index contributed by atoms with van der Waals surface area (Å²) in [6.07, 6.45) is 3.47. The number of nitrogens with one attached hydrogen (secondary N) is 1. The molecule has 0 aliphatic carbocycles. The number of benzene rings is 2. The molecule has 8 nitrogen and oxygen atoms in total. The summed E-state index contributed by atoms with van der Waals surface area (Å²) in [5.41, 5.74) is 2.88. The minimum atomic E-state index is -0.522. The Morgan fingerprint density at radius 2 is 1.91 bits per heavy atom. The molecule has 1 aromatic heterocycles. The molecule has 2 heterocycles. The summed E-state index contributed by atoms with van der Waals surface area (Å²) in [7, 11) is 0. The fourth-order valence-electron chi connectivity index (χ4n) is 3.87. The molecule has 0 amide bonds. The Labute approximate surface area is 199 Å². The molecule has 0 saturated heterocycles. The first kappa shape index (κ1) is 23.4. The average molecular weight is 463 g/mol. The number of carbonyl (C=O) groups excluding carboxylic acids is 1. The summed E-state index contributed by atoms with van der Waals surface area (Å²) in [4.78, 5) is 17.6. The Hall–Kier alpha value is -3.81. The van der Waals surface area contributed by atoms with Gasteiger partial charge in [0.15, 0.2) is 11.5 Å². The number of rotatable bonds is 10. The maximum Gasteiger partial charge on any atom is 0.338 e. The van der Waals surface area contributed by atoms with Gasteiger partial charge in [0.2, 0.25) is 5.95 Å². The van der Waals surface area contributed by atoms with Crippen LogP contribution in [-0.4, -0.2) is 33.9 Å². The lowest BCUT2D eigenvalue weighted by Crippen LogP contribution is -2.29. The monoisotopic (exact) mass is 462 g/mol. The molecule has 34 heavy (non-hydrogen) atoms. The van der Waals surface area contributed by atoms with E-state index in [0.29, 0.717) is 41.9 Å². The Bertz CT molecular complexity index is 1160. The number of ether oxygens (including phenoxy) is 3. The van der Waals surface area contributed by atoms with Gasteiger partial charge in [0.05, 0.1) is 18.8 Å². The highest BCUT2D eigenvalue weighted by molar-refractivity contribution is 5.92. The van der Waals surface area contributed by atoms with Crippen molar-refractivity contribution >= 4 is 11.9 Å². The number of aromatic nitrogens is 3. The third-order valence-electron chi connectivity index (χ3n) is 5.57. The van der Waals surface area contributed by atoms with Crippen molar-refractivity contribution in [1.29, 1.82) is 0 Å². The molecule has 8 heteroatoms. The smallest absolute Gasteiger partial charge is 0.338 e. The van der Waals surface area contributed by atoms with Gasteiger partial charge in [-0.1, -0.05) is 49.7 Å². The third kappa shape index (κ3) is 5.06. The van der Waals surface area contributed by atoms with E-state index in [9.17, 15) is 4.79 Å². The van der Waals surface area contributed by atoms with Crippen LogP contribution in [0.25, 0.3) is 0 Å². The SMILES string of the molecule is CCCCOc1ccc(C2C(C(=O)OCc3ccccc3)=C(C)Nc3ncnn32)cc1OCC. The summed E-state index contributed by atoms with van der Waals surface area (Å²) >= 11 is 0. The van der Waals surface area contributed by atoms with Crippen LogP contribution in [-0.2, 0) is 16.1 Å². The minimum absolute atomic E-state index is 0.182. The van der Waals surface area contributed by atoms with E-state index in [4.69, 9.17) is 14.2 Å². The summed E-state index contributed by atoms with van der Waals surface area (Å²) in [5, 5.41) is 7.55. The third-order valence-corrected chi connectivity index (χ3v) is 5.57. The number of hydrogen-bond donors (Lipinski definition) is 1. The van der Waals surface area contributed by atoms with Gasteiger partial charge in [-0.15, -0.1) is 0 Å². The van der Waals surface area contributed by atoms with E-state index in [2.05, 4.69) is 22.3 Å². The molecule has 0 spiro atoms. The predicted molar refractivity (Wildman–Crippen MR) is 129 cm³/mol. The second kappa shape index (κ2) is 10.9. The van der Waals surface area contributed by atoms with Crippen molar-refractivity contribution < 1.29 is 19.0 Å². The number of unbranched alkanes of at least 4 members (excludes halogenated alkanes) is 1. The molecule has 0 fully saturated rings. The molecule has 3 aromatic rings. The van der Waals surface area contributed by atoms with E-state index in [0.717, 1.165) is 24.0 Å². The Balaban J connectivity index is 1.67. The van der Waals surface area contributed by atoms with E-state index >= 15 is 0 Å². The van der Waals surface area contributed by atoms with Crippen LogP contribution in [0.5, 0.6) is 11.5 Å². The van der Waals surface area contributed by atoms with E-state index in [1.165, 1.54) is 6.33 Å². The molecule has 1 unspecified atom stereocenters. The fourth-order valence-corrected chi connectivity index (χ4v) is 3.87. The standard InChI is InChI=1S/C26H30N4O4/c1-4-6-14-33-21-13-12-20(15-22(21)32-5-2)24-23(18(3)29-26-27-17-28-30(24)26)25(31)34-16-19-10-8-7-9-11-19/h7-13,15,17,24H,4-6,14,16H2,1-3H3,(H,27,28,29). The van der Waals surface area contributed by atoms with Crippen LogP contribution in [0, 0.1) is 0 Å². The minimum Gasteiger partial charge on any atom is -0.490 e. The van der Waals surface area contributed by atoms with Crippen LogP contribution in [0.15, 0.2) is 66.1 Å². The molecule has 1 aliphatic heterocycles. The van der Waals surface area contributed by atoms with Gasteiger partial charge in [-0.05, 0) is 43.5 Å².